The van der Waals surface area contributed by atoms with Crippen LogP contribution in [0.2, 0.25) is 0 Å². The van der Waals surface area contributed by atoms with Crippen LogP contribution in [0, 0.1) is 10.1 Å². The van der Waals surface area contributed by atoms with Gasteiger partial charge in [0, 0.05) is 0 Å². The van der Waals surface area contributed by atoms with Crippen LogP contribution in [0.4, 0.5) is 5.82 Å². The molecule has 1 aromatic heterocycles. The number of carbonyl (C=O) groups is 1. The Morgan fingerprint density at radius 1 is 1.41 bits per heavy atom. The summed E-state index contributed by atoms with van der Waals surface area (Å²) in [6, 6.07) is 6.15. The average Bonchev–Trinajstić information content (AvgIpc) is 2.78. The first-order valence-corrected chi connectivity index (χ1v) is 4.61. The van der Waals surface area contributed by atoms with Crippen molar-refractivity contribution in [1.29, 1.82) is 0 Å². The summed E-state index contributed by atoms with van der Waals surface area (Å²) in [6.07, 6.45) is 1.05. The quantitative estimate of drug-likeness (QED) is 0.619. The van der Waals surface area contributed by atoms with Gasteiger partial charge >= 0.3 is 11.8 Å². The third-order valence-corrected chi connectivity index (χ3v) is 2.17. The Labute approximate surface area is 94.9 Å². The molecule has 86 valence electrons. The highest BCUT2D eigenvalue weighted by Crippen LogP contribution is 2.22. The number of hydrogen-bond donors (Lipinski definition) is 2. The van der Waals surface area contributed by atoms with E-state index in [2.05, 4.69) is 9.97 Å². The van der Waals surface area contributed by atoms with Gasteiger partial charge in [0.15, 0.2) is 0 Å². The first-order chi connectivity index (χ1) is 8.09. The van der Waals surface area contributed by atoms with Crippen molar-refractivity contribution in [2.45, 2.75) is 0 Å². The molecule has 0 bridgehead atoms. The summed E-state index contributed by atoms with van der Waals surface area (Å²) < 4.78 is 0. The van der Waals surface area contributed by atoms with E-state index < -0.39 is 10.9 Å². The summed E-state index contributed by atoms with van der Waals surface area (Å²) in [7, 11) is 0. The van der Waals surface area contributed by atoms with E-state index >= 15 is 0 Å². The van der Waals surface area contributed by atoms with Crippen molar-refractivity contribution in [3.05, 3.63) is 46.1 Å². The van der Waals surface area contributed by atoms with Crippen LogP contribution >= 0.6 is 0 Å². The van der Waals surface area contributed by atoms with Crippen molar-refractivity contribution in [3.63, 3.8) is 0 Å². The van der Waals surface area contributed by atoms with Gasteiger partial charge in [-0.3, -0.25) is 0 Å². The van der Waals surface area contributed by atoms with Crippen LogP contribution in [0.25, 0.3) is 11.4 Å². The minimum atomic E-state index is -1.11. The average molecular weight is 233 g/mol. The predicted molar refractivity (Wildman–Crippen MR) is 57.6 cm³/mol. The van der Waals surface area contributed by atoms with Crippen molar-refractivity contribution in [2.24, 2.45) is 0 Å². The molecule has 7 nitrogen and oxygen atoms in total. The van der Waals surface area contributed by atoms with E-state index in [-0.39, 0.29) is 17.2 Å². The summed E-state index contributed by atoms with van der Waals surface area (Å²) in [4.78, 5) is 27.1. The van der Waals surface area contributed by atoms with Crippen LogP contribution in [0.1, 0.15) is 10.4 Å². The molecule has 1 heterocycles. The summed E-state index contributed by atoms with van der Waals surface area (Å²) >= 11 is 0. The maximum absolute atomic E-state index is 11.0. The first-order valence-electron chi connectivity index (χ1n) is 4.61. The van der Waals surface area contributed by atoms with E-state index in [1.54, 1.807) is 12.1 Å². The zero-order chi connectivity index (χ0) is 12.4. The van der Waals surface area contributed by atoms with E-state index in [1.165, 1.54) is 12.1 Å². The van der Waals surface area contributed by atoms with Gasteiger partial charge in [0.05, 0.1) is 11.1 Å². The van der Waals surface area contributed by atoms with Crippen LogP contribution in [-0.4, -0.2) is 26.0 Å². The number of benzene rings is 1. The van der Waals surface area contributed by atoms with Crippen LogP contribution in [-0.2, 0) is 0 Å². The van der Waals surface area contributed by atoms with Crippen molar-refractivity contribution < 1.29 is 14.8 Å². The molecule has 0 amide bonds. The number of imidazole rings is 1. The number of nitrogens with zero attached hydrogens (tertiary/aromatic N) is 2. The van der Waals surface area contributed by atoms with E-state index in [9.17, 15) is 14.9 Å². The largest absolute Gasteiger partial charge is 0.478 e. The molecule has 1 aromatic carbocycles. The number of carboxylic acid groups (broad SMARTS) is 1. The molecule has 2 N–H and O–H groups in total. The van der Waals surface area contributed by atoms with Gasteiger partial charge in [-0.25, -0.2) is 14.8 Å². The standard InChI is InChI=1S/C10H7N3O4/c14-10(15)7-4-2-1-3-6(7)9-11-5-8(12-9)13(16)17/h1-5H,(H,11,12)(H,14,15). The van der Waals surface area contributed by atoms with Gasteiger partial charge in [0.1, 0.15) is 6.20 Å². The Kier molecular flexibility index (Phi) is 2.57. The second-order valence-corrected chi connectivity index (χ2v) is 3.22. The molecule has 0 atom stereocenters. The molecule has 0 unspecified atom stereocenters. The van der Waals surface area contributed by atoms with Crippen molar-refractivity contribution in [1.82, 2.24) is 9.97 Å². The minimum absolute atomic E-state index is 0.0387. The predicted octanol–water partition coefficient (Wildman–Crippen LogP) is 1.68. The maximum Gasteiger partial charge on any atom is 0.340 e. The van der Waals surface area contributed by atoms with Gasteiger partial charge in [-0.15, -0.1) is 0 Å². The fourth-order valence-corrected chi connectivity index (χ4v) is 1.42. The number of nitrogens with one attached hydrogen (secondary N) is 1. The minimum Gasteiger partial charge on any atom is -0.478 e. The van der Waals surface area contributed by atoms with E-state index in [4.69, 9.17) is 5.11 Å². The summed E-state index contributed by atoms with van der Waals surface area (Å²) in [6.45, 7) is 0. The van der Waals surface area contributed by atoms with Gasteiger partial charge in [-0.2, -0.15) is 0 Å². The second kappa shape index (κ2) is 4.05. The highest BCUT2D eigenvalue weighted by molar-refractivity contribution is 5.94. The molecule has 0 radical (unpaired) electrons. The Balaban J connectivity index is 2.52. The molecule has 2 rings (SSSR count). The Morgan fingerprint density at radius 3 is 2.71 bits per heavy atom. The highest BCUT2D eigenvalue weighted by Gasteiger charge is 2.17. The van der Waals surface area contributed by atoms with E-state index in [0.29, 0.717) is 5.56 Å². The number of aromatic carboxylic acids is 1. The lowest BCUT2D eigenvalue weighted by Gasteiger charge is -1.99. The number of aromatic amines is 1. The SMILES string of the molecule is O=C(O)c1ccccc1-c1ncc([N+](=O)[O-])[nH]1. The lowest BCUT2D eigenvalue weighted by atomic mass is 10.1. The Hall–Kier alpha value is -2.70. The molecule has 7 heteroatoms. The third kappa shape index (κ3) is 1.98. The smallest absolute Gasteiger partial charge is 0.340 e. The summed E-state index contributed by atoms with van der Waals surface area (Å²) in [5, 5.41) is 19.4. The Morgan fingerprint density at radius 2 is 2.12 bits per heavy atom. The number of carboxylic acids is 1. The van der Waals surface area contributed by atoms with Gasteiger partial charge in [-0.1, -0.05) is 12.1 Å². The number of nitro groups is 1. The topological polar surface area (TPSA) is 109 Å². The maximum atomic E-state index is 11.0. The molecule has 0 fully saturated rings. The van der Waals surface area contributed by atoms with Crippen molar-refractivity contribution >= 4 is 11.8 Å². The number of H-pyrrole nitrogens is 1. The zero-order valence-corrected chi connectivity index (χ0v) is 8.45. The molecule has 0 aliphatic rings. The van der Waals surface area contributed by atoms with Crippen LogP contribution in [0.5, 0.6) is 0 Å². The van der Waals surface area contributed by atoms with Gasteiger partial charge in [0.25, 0.3) is 0 Å². The van der Waals surface area contributed by atoms with Crippen LogP contribution < -0.4 is 0 Å². The summed E-state index contributed by atoms with van der Waals surface area (Å²) in [5.74, 6) is -1.23. The molecular weight excluding hydrogens is 226 g/mol. The fourth-order valence-electron chi connectivity index (χ4n) is 1.42. The Bertz CT molecular complexity index is 591. The number of aromatic nitrogens is 2. The first kappa shape index (κ1) is 10.8. The lowest BCUT2D eigenvalue weighted by Crippen LogP contribution is -1.99. The van der Waals surface area contributed by atoms with Crippen molar-refractivity contribution in [3.8, 4) is 11.4 Å². The zero-order valence-electron chi connectivity index (χ0n) is 8.45. The molecule has 0 saturated carbocycles. The molecule has 0 aliphatic carbocycles. The van der Waals surface area contributed by atoms with Crippen LogP contribution in [0.3, 0.4) is 0 Å². The van der Waals surface area contributed by atoms with Crippen molar-refractivity contribution in [2.75, 3.05) is 0 Å². The molecule has 17 heavy (non-hydrogen) atoms. The summed E-state index contributed by atoms with van der Waals surface area (Å²) in [5.41, 5.74) is 0.352. The van der Waals surface area contributed by atoms with Crippen LogP contribution in [0.15, 0.2) is 30.5 Å². The van der Waals surface area contributed by atoms with E-state index in [0.717, 1.165) is 6.20 Å². The highest BCUT2D eigenvalue weighted by atomic mass is 16.6. The molecule has 0 saturated heterocycles. The lowest BCUT2D eigenvalue weighted by molar-refractivity contribution is -0.389. The van der Waals surface area contributed by atoms with Gasteiger partial charge in [0.2, 0.25) is 5.82 Å². The fraction of sp³-hybridized carbons (Fsp3) is 0. The molecule has 0 aliphatic heterocycles. The number of rotatable bonds is 3. The monoisotopic (exact) mass is 233 g/mol. The normalized spacial score (nSPS) is 10.1. The van der Waals surface area contributed by atoms with Gasteiger partial charge < -0.3 is 15.2 Å². The second-order valence-electron chi connectivity index (χ2n) is 3.22. The number of hydrogen-bond acceptors (Lipinski definition) is 4. The molecule has 2 aromatic rings. The third-order valence-electron chi connectivity index (χ3n) is 2.17. The van der Waals surface area contributed by atoms with E-state index in [1.807, 2.05) is 0 Å². The molecular formula is C10H7N3O4. The van der Waals surface area contributed by atoms with Gasteiger partial charge in [-0.05, 0) is 17.1 Å². The molecule has 0 spiro atoms.